The van der Waals surface area contributed by atoms with Crippen LogP contribution in [0.5, 0.6) is 0 Å². The molecule has 4 heteroatoms. The molecule has 1 amide bonds. The Hall–Kier alpha value is -1.19. The van der Waals surface area contributed by atoms with Crippen LogP contribution in [0.15, 0.2) is 11.9 Å². The van der Waals surface area contributed by atoms with Gasteiger partial charge in [-0.2, -0.15) is 0 Å². The van der Waals surface area contributed by atoms with Gasteiger partial charge in [0.1, 0.15) is 0 Å². The van der Waals surface area contributed by atoms with Gasteiger partial charge in [0, 0.05) is 28.1 Å². The van der Waals surface area contributed by atoms with Crippen molar-refractivity contribution in [1.29, 1.82) is 0 Å². The van der Waals surface area contributed by atoms with Gasteiger partial charge >= 0.3 is 0 Å². The maximum atomic E-state index is 11.1. The largest absolute Gasteiger partial charge is 0.365 e. The van der Waals surface area contributed by atoms with Crippen LogP contribution in [0.4, 0.5) is 0 Å². The van der Waals surface area contributed by atoms with E-state index in [1.54, 1.807) is 18.9 Å². The highest BCUT2D eigenvalue weighted by Crippen LogP contribution is 1.99. The number of hydrogen-bond donors (Lipinski definition) is 1. The lowest BCUT2D eigenvalue weighted by molar-refractivity contribution is -0.129. The highest BCUT2D eigenvalue weighted by Gasteiger charge is 2.12. The molecule has 0 aliphatic carbocycles. The first-order valence-corrected chi connectivity index (χ1v) is 4.73. The van der Waals surface area contributed by atoms with E-state index in [-0.39, 0.29) is 12.1 Å². The summed E-state index contributed by atoms with van der Waals surface area (Å²) < 4.78 is 0. The van der Waals surface area contributed by atoms with E-state index in [0.29, 0.717) is 0 Å². The van der Waals surface area contributed by atoms with Crippen LogP contribution in [-0.2, 0) is 4.79 Å². The molecule has 0 heterocycles. The van der Waals surface area contributed by atoms with Crippen molar-refractivity contribution in [2.75, 3.05) is 21.1 Å². The Balaban J connectivity index is 4.30. The Morgan fingerprint density at radius 2 is 1.86 bits per heavy atom. The Labute approximate surface area is 86.6 Å². The highest BCUT2D eigenvalue weighted by molar-refractivity contribution is 5.73. The van der Waals surface area contributed by atoms with Crippen LogP contribution in [0.2, 0.25) is 0 Å². The number of carbonyl (C=O) groups is 1. The predicted molar refractivity (Wildman–Crippen MR) is 58.5 cm³/mol. The molecule has 82 valence electrons. The summed E-state index contributed by atoms with van der Waals surface area (Å²) in [5, 5.41) is 3.24. The van der Waals surface area contributed by atoms with Gasteiger partial charge in [0.05, 0.1) is 12.0 Å². The molecule has 0 aromatic heterocycles. The summed E-state index contributed by atoms with van der Waals surface area (Å²) in [6, 6.07) is 0. The zero-order valence-corrected chi connectivity index (χ0v) is 9.96. The van der Waals surface area contributed by atoms with Crippen molar-refractivity contribution >= 4 is 5.91 Å². The molecule has 0 aliphatic rings. The predicted octanol–water partition coefficient (Wildman–Crippen LogP) is 0.823. The van der Waals surface area contributed by atoms with Crippen molar-refractivity contribution in [3.63, 3.8) is 0 Å². The van der Waals surface area contributed by atoms with Gasteiger partial charge in [0.25, 0.3) is 0 Å². The van der Waals surface area contributed by atoms with Gasteiger partial charge in [-0.15, -0.1) is 0 Å². The average molecular weight is 199 g/mol. The fourth-order valence-corrected chi connectivity index (χ4v) is 1.05. The Kier molecular flexibility index (Phi) is 5.05. The number of hydrogen-bond acceptors (Lipinski definition) is 3. The van der Waals surface area contributed by atoms with Gasteiger partial charge in [-0.05, 0) is 19.9 Å². The Morgan fingerprint density at radius 3 is 2.14 bits per heavy atom. The maximum Gasteiger partial charge on any atom is 0.220 e. The van der Waals surface area contributed by atoms with Crippen LogP contribution in [0.25, 0.3) is 0 Å². The number of nitrogens with zero attached hydrogens (tertiary/aromatic N) is 2. The third-order valence-electron chi connectivity index (χ3n) is 2.19. The quantitative estimate of drug-likeness (QED) is 0.681. The summed E-state index contributed by atoms with van der Waals surface area (Å²) in [6.45, 7) is 5.47. The molecule has 14 heavy (non-hydrogen) atoms. The molecule has 0 spiro atoms. The van der Waals surface area contributed by atoms with E-state index in [4.69, 9.17) is 0 Å². The van der Waals surface area contributed by atoms with Gasteiger partial charge in [0.15, 0.2) is 0 Å². The van der Waals surface area contributed by atoms with Crippen molar-refractivity contribution in [3.05, 3.63) is 11.9 Å². The van der Waals surface area contributed by atoms with E-state index in [9.17, 15) is 4.79 Å². The average Bonchev–Trinajstić information content (AvgIpc) is 2.11. The van der Waals surface area contributed by atoms with E-state index in [2.05, 4.69) is 5.32 Å². The molecule has 0 saturated carbocycles. The van der Waals surface area contributed by atoms with Gasteiger partial charge in [-0.3, -0.25) is 4.79 Å². The van der Waals surface area contributed by atoms with Crippen molar-refractivity contribution in [3.8, 4) is 0 Å². The first kappa shape index (κ1) is 12.8. The molecule has 1 N–H and O–H groups in total. The second kappa shape index (κ2) is 5.52. The van der Waals surface area contributed by atoms with Crippen LogP contribution in [0.3, 0.4) is 0 Å². The Bertz CT molecular complexity index is 223. The molecule has 0 aromatic carbocycles. The maximum absolute atomic E-state index is 11.1. The number of amides is 1. The van der Waals surface area contributed by atoms with Gasteiger partial charge in [-0.25, -0.2) is 0 Å². The molecule has 0 radical (unpaired) electrons. The zero-order valence-electron chi connectivity index (χ0n) is 9.96. The van der Waals surface area contributed by atoms with E-state index in [1.807, 2.05) is 38.9 Å². The second-order valence-corrected chi connectivity index (χ2v) is 3.52. The number of rotatable bonds is 4. The normalized spacial score (nSPS) is 13.4. The van der Waals surface area contributed by atoms with Crippen molar-refractivity contribution < 1.29 is 4.79 Å². The molecule has 4 nitrogen and oxygen atoms in total. The smallest absolute Gasteiger partial charge is 0.220 e. The minimum absolute atomic E-state index is 0.00102. The molecule has 0 fully saturated rings. The van der Waals surface area contributed by atoms with Crippen LogP contribution in [-0.4, -0.2) is 43.0 Å². The minimum Gasteiger partial charge on any atom is -0.365 e. The molecule has 0 aromatic rings. The van der Waals surface area contributed by atoms with E-state index in [0.717, 1.165) is 5.82 Å². The second-order valence-electron chi connectivity index (χ2n) is 3.52. The van der Waals surface area contributed by atoms with E-state index >= 15 is 0 Å². The summed E-state index contributed by atoms with van der Waals surface area (Å²) in [4.78, 5) is 14.7. The zero-order chi connectivity index (χ0) is 11.3. The lowest BCUT2D eigenvalue weighted by Crippen LogP contribution is -2.45. The molecule has 0 saturated heterocycles. The fourth-order valence-electron chi connectivity index (χ4n) is 1.05. The van der Waals surface area contributed by atoms with E-state index < -0.39 is 0 Å². The van der Waals surface area contributed by atoms with Crippen LogP contribution in [0, 0.1) is 0 Å². The minimum atomic E-state index is 0.00102. The summed E-state index contributed by atoms with van der Waals surface area (Å²) in [5.74, 6) is 1.06. The number of nitrogens with one attached hydrogen (secondary N) is 1. The standard InChI is InChI=1S/C10H21N3O/c1-7-10(12(4)5)11-8(2)13(6)9(3)14/h7-8,11H,1-6H3/b10-7-. The fraction of sp³-hybridized carbons (Fsp3) is 0.700. The van der Waals surface area contributed by atoms with Crippen molar-refractivity contribution in [2.45, 2.75) is 26.9 Å². The molecule has 0 bridgehead atoms. The summed E-state index contributed by atoms with van der Waals surface area (Å²) in [6.07, 6.45) is 1.98. The lowest BCUT2D eigenvalue weighted by atomic mass is 10.4. The van der Waals surface area contributed by atoms with Crippen LogP contribution >= 0.6 is 0 Å². The molecular formula is C10H21N3O. The van der Waals surface area contributed by atoms with Gasteiger partial charge in [0.2, 0.25) is 5.91 Å². The van der Waals surface area contributed by atoms with E-state index in [1.165, 1.54) is 0 Å². The van der Waals surface area contributed by atoms with Crippen molar-refractivity contribution in [2.24, 2.45) is 0 Å². The highest BCUT2D eigenvalue weighted by atomic mass is 16.2. The van der Waals surface area contributed by atoms with Gasteiger partial charge < -0.3 is 15.1 Å². The molecule has 1 atom stereocenters. The number of carbonyl (C=O) groups excluding carboxylic acids is 1. The number of allylic oxidation sites excluding steroid dienone is 1. The molecule has 1 unspecified atom stereocenters. The summed E-state index contributed by atoms with van der Waals surface area (Å²) in [7, 11) is 5.70. The summed E-state index contributed by atoms with van der Waals surface area (Å²) in [5.41, 5.74) is 0. The SMILES string of the molecule is C/C=C(/NC(C)N(C)C(C)=O)N(C)C. The van der Waals surface area contributed by atoms with Crippen LogP contribution in [0.1, 0.15) is 20.8 Å². The van der Waals surface area contributed by atoms with Gasteiger partial charge in [-0.1, -0.05) is 0 Å². The first-order chi connectivity index (χ1) is 6.40. The van der Waals surface area contributed by atoms with Crippen LogP contribution < -0.4 is 5.32 Å². The third-order valence-corrected chi connectivity index (χ3v) is 2.19. The third kappa shape index (κ3) is 3.68. The lowest BCUT2D eigenvalue weighted by Gasteiger charge is -2.29. The molecule has 0 rings (SSSR count). The topological polar surface area (TPSA) is 35.6 Å². The van der Waals surface area contributed by atoms with Crippen molar-refractivity contribution in [1.82, 2.24) is 15.1 Å². The summed E-state index contributed by atoms with van der Waals surface area (Å²) >= 11 is 0. The first-order valence-electron chi connectivity index (χ1n) is 4.73. The molecular weight excluding hydrogens is 178 g/mol. The Morgan fingerprint density at radius 1 is 1.36 bits per heavy atom. The molecule has 0 aliphatic heterocycles. The monoisotopic (exact) mass is 199 g/mol.